The average Bonchev–Trinajstić information content (AvgIpc) is 2.04. The molecule has 1 saturated heterocycles. The average molecular weight is 208 g/mol. The molecule has 1 aliphatic rings. The Morgan fingerprint density at radius 2 is 2.31 bits per heavy atom. The van der Waals surface area contributed by atoms with Crippen LogP contribution in [0.3, 0.4) is 0 Å². The lowest BCUT2D eigenvalue weighted by molar-refractivity contribution is 0.162. The van der Waals surface area contributed by atoms with Gasteiger partial charge in [0.2, 0.25) is 0 Å². The van der Waals surface area contributed by atoms with Crippen molar-refractivity contribution >= 4 is 9.84 Å². The second kappa shape index (κ2) is 4.36. The summed E-state index contributed by atoms with van der Waals surface area (Å²) >= 11 is 0. The molecule has 0 saturated carbocycles. The molecule has 1 atom stereocenters. The molecule has 0 spiro atoms. The highest BCUT2D eigenvalue weighted by Crippen LogP contribution is 2.08. The first-order valence-electron chi connectivity index (χ1n) is 4.30. The molecular weight excluding hydrogens is 192 g/mol. The normalized spacial score (nSPS) is 26.2. The second-order valence-electron chi connectivity index (χ2n) is 3.25. The molecule has 0 aromatic carbocycles. The predicted molar refractivity (Wildman–Crippen MR) is 50.2 cm³/mol. The molecule has 1 unspecified atom stereocenters. The van der Waals surface area contributed by atoms with Crippen molar-refractivity contribution in [3.63, 3.8) is 0 Å². The van der Waals surface area contributed by atoms with Crippen LogP contribution in [0.5, 0.6) is 0 Å². The topological polar surface area (TPSA) is 69.6 Å². The zero-order chi connectivity index (χ0) is 9.90. The lowest BCUT2D eigenvalue weighted by Crippen LogP contribution is -2.55. The molecule has 5 nitrogen and oxygen atoms in total. The van der Waals surface area contributed by atoms with Crippen molar-refractivity contribution < 1.29 is 13.5 Å². The lowest BCUT2D eigenvalue weighted by atomic mass is 10.3. The van der Waals surface area contributed by atoms with Gasteiger partial charge in [0.1, 0.15) is 5.37 Å². The molecule has 1 aliphatic heterocycles. The van der Waals surface area contributed by atoms with E-state index in [2.05, 4.69) is 5.32 Å². The lowest BCUT2D eigenvalue weighted by Gasteiger charge is -2.34. The Morgan fingerprint density at radius 3 is 2.85 bits per heavy atom. The fourth-order valence-electron chi connectivity index (χ4n) is 1.53. The van der Waals surface area contributed by atoms with E-state index in [1.807, 2.05) is 0 Å². The van der Waals surface area contributed by atoms with E-state index < -0.39 is 15.2 Å². The van der Waals surface area contributed by atoms with Crippen LogP contribution < -0.4 is 5.32 Å². The summed E-state index contributed by atoms with van der Waals surface area (Å²) in [4.78, 5) is 1.80. The van der Waals surface area contributed by atoms with Gasteiger partial charge in [-0.3, -0.25) is 4.90 Å². The fourth-order valence-corrected chi connectivity index (χ4v) is 2.70. The van der Waals surface area contributed by atoms with Gasteiger partial charge in [0.25, 0.3) is 0 Å². The molecule has 6 heteroatoms. The van der Waals surface area contributed by atoms with E-state index in [-0.39, 0.29) is 6.61 Å². The van der Waals surface area contributed by atoms with Crippen molar-refractivity contribution in [2.75, 3.05) is 39.0 Å². The standard InChI is InChI=1S/C7H16N2O3S/c1-13(11,12)7-6-8-2-3-9(7)4-5-10/h7-8,10H,2-6H2,1H3. The summed E-state index contributed by atoms with van der Waals surface area (Å²) < 4.78 is 22.6. The Kier molecular flexibility index (Phi) is 3.66. The Labute approximate surface area is 78.7 Å². The molecule has 1 heterocycles. The Bertz CT molecular complexity index is 250. The zero-order valence-corrected chi connectivity index (χ0v) is 8.55. The van der Waals surface area contributed by atoms with Crippen LogP contribution in [0.4, 0.5) is 0 Å². The van der Waals surface area contributed by atoms with E-state index in [4.69, 9.17) is 5.11 Å². The van der Waals surface area contributed by atoms with Crippen molar-refractivity contribution in [1.29, 1.82) is 0 Å². The van der Waals surface area contributed by atoms with Crippen LogP contribution in [0.15, 0.2) is 0 Å². The van der Waals surface area contributed by atoms with Crippen molar-refractivity contribution in [3.05, 3.63) is 0 Å². The number of aliphatic hydroxyl groups excluding tert-OH is 1. The number of hydrogen-bond acceptors (Lipinski definition) is 5. The highest BCUT2D eigenvalue weighted by atomic mass is 32.2. The molecule has 0 bridgehead atoms. The van der Waals surface area contributed by atoms with Gasteiger partial charge in [0, 0.05) is 32.4 Å². The first-order chi connectivity index (χ1) is 6.05. The van der Waals surface area contributed by atoms with Gasteiger partial charge in [-0.15, -0.1) is 0 Å². The van der Waals surface area contributed by atoms with Crippen LogP contribution in [0.1, 0.15) is 0 Å². The quantitative estimate of drug-likeness (QED) is 0.576. The summed E-state index contributed by atoms with van der Waals surface area (Å²) in [5.74, 6) is 0. The van der Waals surface area contributed by atoms with Gasteiger partial charge in [-0.25, -0.2) is 8.42 Å². The molecule has 0 amide bonds. The zero-order valence-electron chi connectivity index (χ0n) is 7.73. The van der Waals surface area contributed by atoms with Gasteiger partial charge in [0.15, 0.2) is 9.84 Å². The number of sulfone groups is 1. The number of aliphatic hydroxyl groups is 1. The summed E-state index contributed by atoms with van der Waals surface area (Å²) in [5.41, 5.74) is 0. The third-order valence-electron chi connectivity index (χ3n) is 2.18. The molecule has 2 N–H and O–H groups in total. The largest absolute Gasteiger partial charge is 0.395 e. The Hall–Kier alpha value is -0.170. The highest BCUT2D eigenvalue weighted by molar-refractivity contribution is 7.91. The summed E-state index contributed by atoms with van der Waals surface area (Å²) in [6, 6.07) is 0. The first-order valence-corrected chi connectivity index (χ1v) is 6.25. The molecule has 1 fully saturated rings. The van der Waals surface area contributed by atoms with Gasteiger partial charge in [0.05, 0.1) is 6.61 Å². The van der Waals surface area contributed by atoms with Crippen LogP contribution in [0.2, 0.25) is 0 Å². The third kappa shape index (κ3) is 2.91. The summed E-state index contributed by atoms with van der Waals surface area (Å²) in [6.45, 7) is 2.36. The fraction of sp³-hybridized carbons (Fsp3) is 1.00. The minimum absolute atomic E-state index is 0.00597. The van der Waals surface area contributed by atoms with Gasteiger partial charge in [-0.05, 0) is 0 Å². The predicted octanol–water partition coefficient (Wildman–Crippen LogP) is -1.75. The molecule has 78 valence electrons. The van der Waals surface area contributed by atoms with Gasteiger partial charge in [-0.1, -0.05) is 0 Å². The maximum Gasteiger partial charge on any atom is 0.164 e. The second-order valence-corrected chi connectivity index (χ2v) is 5.45. The van der Waals surface area contributed by atoms with Crippen molar-refractivity contribution in [1.82, 2.24) is 10.2 Å². The van der Waals surface area contributed by atoms with E-state index in [9.17, 15) is 8.42 Å². The Balaban J connectivity index is 2.67. The summed E-state index contributed by atoms with van der Waals surface area (Å²) in [6.07, 6.45) is 1.23. The van der Waals surface area contributed by atoms with E-state index in [0.717, 1.165) is 6.54 Å². The molecule has 0 aliphatic carbocycles. The van der Waals surface area contributed by atoms with Crippen LogP contribution in [0, 0.1) is 0 Å². The number of hydrogen-bond donors (Lipinski definition) is 2. The van der Waals surface area contributed by atoms with Crippen molar-refractivity contribution in [2.45, 2.75) is 5.37 Å². The smallest absolute Gasteiger partial charge is 0.164 e. The highest BCUT2D eigenvalue weighted by Gasteiger charge is 2.29. The van der Waals surface area contributed by atoms with Gasteiger partial charge < -0.3 is 10.4 Å². The Morgan fingerprint density at radius 1 is 1.62 bits per heavy atom. The number of rotatable bonds is 3. The van der Waals surface area contributed by atoms with Crippen LogP contribution in [0.25, 0.3) is 0 Å². The van der Waals surface area contributed by atoms with E-state index in [1.165, 1.54) is 6.26 Å². The number of piperazine rings is 1. The molecule has 0 radical (unpaired) electrons. The van der Waals surface area contributed by atoms with E-state index in [0.29, 0.717) is 19.6 Å². The van der Waals surface area contributed by atoms with Crippen molar-refractivity contribution in [2.24, 2.45) is 0 Å². The monoisotopic (exact) mass is 208 g/mol. The number of nitrogens with one attached hydrogen (secondary N) is 1. The van der Waals surface area contributed by atoms with Crippen LogP contribution in [-0.4, -0.2) is 62.8 Å². The van der Waals surface area contributed by atoms with Crippen molar-refractivity contribution in [3.8, 4) is 0 Å². The molecule has 0 aromatic heterocycles. The maximum atomic E-state index is 11.3. The molecular formula is C7H16N2O3S. The van der Waals surface area contributed by atoms with E-state index >= 15 is 0 Å². The molecule has 13 heavy (non-hydrogen) atoms. The maximum absolute atomic E-state index is 11.3. The molecule has 1 rings (SSSR count). The van der Waals surface area contributed by atoms with Gasteiger partial charge >= 0.3 is 0 Å². The van der Waals surface area contributed by atoms with E-state index in [1.54, 1.807) is 4.90 Å². The van der Waals surface area contributed by atoms with Gasteiger partial charge in [-0.2, -0.15) is 0 Å². The van der Waals surface area contributed by atoms with Crippen LogP contribution >= 0.6 is 0 Å². The summed E-state index contributed by atoms with van der Waals surface area (Å²) in [7, 11) is -3.04. The number of β-amino-alcohol motifs (C(OH)–C–C–N with tert-alkyl or cyclic N) is 1. The third-order valence-corrected chi connectivity index (χ3v) is 3.64. The summed E-state index contributed by atoms with van der Waals surface area (Å²) in [5, 5.41) is 11.3. The minimum Gasteiger partial charge on any atom is -0.395 e. The molecule has 0 aromatic rings. The van der Waals surface area contributed by atoms with Crippen LogP contribution in [-0.2, 0) is 9.84 Å². The number of nitrogens with zero attached hydrogens (tertiary/aromatic N) is 1. The first kappa shape index (κ1) is 10.9. The minimum atomic E-state index is -3.04. The SMILES string of the molecule is CS(=O)(=O)C1CNCCN1CCO.